The Morgan fingerprint density at radius 3 is 1.06 bits per heavy atom. The summed E-state index contributed by atoms with van der Waals surface area (Å²) in [5, 5.41) is 0. The highest BCUT2D eigenvalue weighted by molar-refractivity contribution is 8.18. The van der Waals surface area contributed by atoms with Gasteiger partial charge in [-0.25, -0.2) is 0 Å². The van der Waals surface area contributed by atoms with Crippen LogP contribution in [0.5, 0.6) is 0 Å². The van der Waals surface area contributed by atoms with Crippen LogP contribution in [-0.4, -0.2) is 36.3 Å². The second-order valence-electron chi connectivity index (χ2n) is 5.68. The molecule has 33 heavy (non-hydrogen) atoms. The number of benzene rings is 2. The molecule has 0 amide bonds. The Morgan fingerprint density at radius 2 is 0.818 bits per heavy atom. The molecule has 0 N–H and O–H groups in total. The van der Waals surface area contributed by atoms with E-state index in [1.54, 1.807) is 0 Å². The van der Waals surface area contributed by atoms with Crippen LogP contribution in [0.15, 0.2) is 78.0 Å². The average molecular weight is 559 g/mol. The predicted molar refractivity (Wildman–Crippen MR) is 104 cm³/mol. The molecule has 2 unspecified atom stereocenters. The molecule has 2 atom stereocenters. The summed E-state index contributed by atoms with van der Waals surface area (Å²) in [5.41, 5.74) is -12.2. The fourth-order valence-electron chi connectivity index (χ4n) is 1.88. The zero-order chi connectivity index (χ0) is 25.3. The van der Waals surface area contributed by atoms with Crippen molar-refractivity contribution in [3.63, 3.8) is 0 Å². The summed E-state index contributed by atoms with van der Waals surface area (Å²) < 4.78 is 157. The van der Waals surface area contributed by atoms with Crippen molar-refractivity contribution in [3.05, 3.63) is 64.8 Å². The van der Waals surface area contributed by atoms with Crippen molar-refractivity contribution < 1.29 is 51.6 Å². The molecule has 2 rings (SSSR count). The van der Waals surface area contributed by atoms with Crippen LogP contribution in [0.25, 0.3) is 4.13 Å². The number of rotatable bonds is 6. The van der Waals surface area contributed by atoms with Crippen molar-refractivity contribution >= 4 is 39.9 Å². The van der Waals surface area contributed by atoms with Crippen LogP contribution in [0, 0.1) is 0 Å². The van der Waals surface area contributed by atoms with Crippen LogP contribution in [-0.2, 0) is 39.9 Å². The van der Waals surface area contributed by atoms with Crippen LogP contribution in [0.4, 0.5) is 26.3 Å². The van der Waals surface area contributed by atoms with E-state index in [1.807, 2.05) is 0 Å². The average Bonchev–Trinajstić information content (AvgIpc) is 2.66. The summed E-state index contributed by atoms with van der Waals surface area (Å²) in [6, 6.07) is 9.46. The van der Waals surface area contributed by atoms with Gasteiger partial charge >= 0.3 is 31.1 Å². The molecular formula is C14H10F6N3O6S4-. The highest BCUT2D eigenvalue weighted by Gasteiger charge is 2.48. The minimum absolute atomic E-state index is 0.727. The Hall–Kier alpha value is -2.22. The molecule has 0 saturated heterocycles. The molecule has 2 aromatic carbocycles. The monoisotopic (exact) mass is 558 g/mol. The summed E-state index contributed by atoms with van der Waals surface area (Å²) in [6.07, 6.45) is 0. The maximum absolute atomic E-state index is 13.2. The molecule has 0 aromatic heterocycles. The molecule has 0 bridgehead atoms. The largest absolute Gasteiger partial charge is 0.519 e. The lowest BCUT2D eigenvalue weighted by molar-refractivity contribution is -0.0440. The highest BCUT2D eigenvalue weighted by Crippen LogP contribution is 2.36. The molecule has 184 valence electrons. The number of sulfonamides is 2. The molecule has 0 radical (unpaired) electrons. The van der Waals surface area contributed by atoms with Crippen molar-refractivity contribution in [2.24, 2.45) is 7.54 Å². The number of hydrogen-bond donors (Lipinski definition) is 0. The number of hydrogen-bond acceptors (Lipinski definition) is 6. The predicted octanol–water partition coefficient (Wildman–Crippen LogP) is 3.94. The Kier molecular flexibility index (Phi) is 7.25. The molecule has 0 spiro atoms. The van der Waals surface area contributed by atoms with Gasteiger partial charge in [-0.05, 0) is 24.3 Å². The van der Waals surface area contributed by atoms with Crippen LogP contribution in [0.3, 0.4) is 0 Å². The highest BCUT2D eigenvalue weighted by atomic mass is 32.3. The summed E-state index contributed by atoms with van der Waals surface area (Å²) in [5.74, 6) is 0. The maximum Gasteiger partial charge on any atom is 0.519 e. The van der Waals surface area contributed by atoms with Gasteiger partial charge in [-0.3, -0.25) is 8.42 Å². The third kappa shape index (κ3) is 6.02. The third-order valence-corrected chi connectivity index (χ3v) is 11.0. The van der Waals surface area contributed by atoms with Gasteiger partial charge in [-0.2, -0.15) is 43.2 Å². The van der Waals surface area contributed by atoms with Crippen LogP contribution >= 0.6 is 0 Å². The summed E-state index contributed by atoms with van der Waals surface area (Å²) in [4.78, 5) is -1.86. The minimum Gasteiger partial charge on any atom is -0.461 e. The minimum atomic E-state index is -6.61. The van der Waals surface area contributed by atoms with Gasteiger partial charge < -0.3 is 4.13 Å². The van der Waals surface area contributed by atoms with E-state index in [1.165, 1.54) is 12.1 Å². The van der Waals surface area contributed by atoms with Crippen molar-refractivity contribution in [1.29, 1.82) is 0 Å². The quantitative estimate of drug-likeness (QED) is 0.492. The lowest BCUT2D eigenvalue weighted by Gasteiger charge is -2.29. The molecule has 2 aromatic rings. The first-order valence-electron chi connectivity index (χ1n) is 7.87. The van der Waals surface area contributed by atoms with Gasteiger partial charge in [-0.15, -0.1) is 7.54 Å². The summed E-state index contributed by atoms with van der Waals surface area (Å²) in [7, 11) is -24.0. The van der Waals surface area contributed by atoms with E-state index >= 15 is 0 Å². The lowest BCUT2D eigenvalue weighted by Crippen LogP contribution is -2.24. The molecule has 0 aliphatic rings. The van der Waals surface area contributed by atoms with Crippen LogP contribution in [0.1, 0.15) is 0 Å². The second kappa shape index (κ2) is 8.85. The maximum atomic E-state index is 13.2. The molecule has 19 heteroatoms. The molecular weight excluding hydrogens is 548 g/mol. The number of nitrogens with zero attached hydrogens (tertiary/aromatic N) is 3. The SMILES string of the molecule is O=S(=O)(N=S(=O)([N-]S(=O)(=NS(=O)(=O)C(F)(F)F)c1ccccc1)c1ccccc1)C(F)(F)F. The van der Waals surface area contributed by atoms with E-state index in [-0.39, 0.29) is 0 Å². The van der Waals surface area contributed by atoms with E-state index in [4.69, 9.17) is 0 Å². The first-order chi connectivity index (χ1) is 14.8. The molecule has 0 aliphatic carbocycles. The molecule has 0 heterocycles. The Balaban J connectivity index is 2.98. The first kappa shape index (κ1) is 27.0. The smallest absolute Gasteiger partial charge is 0.461 e. The van der Waals surface area contributed by atoms with E-state index in [0.29, 0.717) is 0 Å². The first-order valence-corrected chi connectivity index (χ1v) is 13.7. The van der Waals surface area contributed by atoms with Gasteiger partial charge in [0.25, 0.3) is 0 Å². The number of halogens is 6. The molecule has 0 fully saturated rings. The molecule has 0 aliphatic heterocycles. The normalized spacial score (nSPS) is 16.9. The zero-order valence-electron chi connectivity index (χ0n) is 15.5. The van der Waals surface area contributed by atoms with Crippen molar-refractivity contribution in [1.82, 2.24) is 0 Å². The number of alkyl halides is 6. The topological polar surface area (TPSA) is 141 Å². The van der Waals surface area contributed by atoms with E-state index in [2.05, 4.69) is 11.7 Å². The Bertz CT molecular complexity index is 1360. The fourth-order valence-corrected chi connectivity index (χ4v) is 8.89. The summed E-state index contributed by atoms with van der Waals surface area (Å²) in [6.45, 7) is 0. The van der Waals surface area contributed by atoms with Crippen LogP contribution in [0.2, 0.25) is 0 Å². The second-order valence-corrected chi connectivity index (χ2v) is 13.2. The van der Waals surface area contributed by atoms with Gasteiger partial charge in [-0.1, -0.05) is 36.4 Å². The van der Waals surface area contributed by atoms with Gasteiger partial charge in [0.2, 0.25) is 0 Å². The Labute approximate surface area is 184 Å². The van der Waals surface area contributed by atoms with E-state index in [0.717, 1.165) is 48.5 Å². The van der Waals surface area contributed by atoms with Gasteiger partial charge in [0, 0.05) is 29.6 Å². The van der Waals surface area contributed by atoms with Crippen molar-refractivity contribution in [2.45, 2.75) is 20.8 Å². The molecule has 0 saturated carbocycles. The third-order valence-electron chi connectivity index (χ3n) is 3.29. The van der Waals surface area contributed by atoms with E-state index < -0.39 is 60.7 Å². The van der Waals surface area contributed by atoms with Crippen molar-refractivity contribution in [2.75, 3.05) is 0 Å². The van der Waals surface area contributed by atoms with Crippen LogP contribution < -0.4 is 0 Å². The summed E-state index contributed by atoms with van der Waals surface area (Å²) >= 11 is 0. The standard InChI is InChI=1S/C14H10F6N3O6S4/c15-13(16,17)32(26,27)22-30(24,11-7-3-1-4-8-11)21-31(25,12-9-5-2-6-10-12)23-33(28,29)14(18,19)20/h1-10H/q-1. The molecule has 9 nitrogen and oxygen atoms in total. The Morgan fingerprint density at radius 1 is 0.545 bits per heavy atom. The lowest BCUT2D eigenvalue weighted by atomic mass is 10.4. The van der Waals surface area contributed by atoms with Gasteiger partial charge in [0.15, 0.2) is 0 Å². The van der Waals surface area contributed by atoms with Crippen molar-refractivity contribution in [3.8, 4) is 0 Å². The van der Waals surface area contributed by atoms with Gasteiger partial charge in [0.1, 0.15) is 0 Å². The fraction of sp³-hybridized carbons (Fsp3) is 0.143. The van der Waals surface area contributed by atoms with Gasteiger partial charge in [0.05, 0.1) is 0 Å². The zero-order valence-corrected chi connectivity index (χ0v) is 18.7. The van der Waals surface area contributed by atoms with E-state index in [9.17, 15) is 51.6 Å².